The number of ether oxygens (including phenoxy) is 1. The van der Waals surface area contributed by atoms with Gasteiger partial charge in [0.1, 0.15) is 0 Å². The van der Waals surface area contributed by atoms with Gasteiger partial charge in [0.05, 0.1) is 6.61 Å². The third kappa shape index (κ3) is 6.05. The number of amides is 1. The Morgan fingerprint density at radius 2 is 1.70 bits per heavy atom. The fourth-order valence-electron chi connectivity index (χ4n) is 4.18. The van der Waals surface area contributed by atoms with Crippen molar-refractivity contribution in [1.29, 1.82) is 0 Å². The Morgan fingerprint density at radius 3 is 2.30 bits per heavy atom. The highest BCUT2D eigenvalue weighted by Gasteiger charge is 2.24. The molecule has 1 N–H and O–H groups in total. The highest BCUT2D eigenvalue weighted by molar-refractivity contribution is 5.80. The van der Waals surface area contributed by atoms with Gasteiger partial charge in [-0.3, -0.25) is 19.6 Å². The first kappa shape index (κ1) is 20.4. The summed E-state index contributed by atoms with van der Waals surface area (Å²) in [6, 6.07) is 0. The van der Waals surface area contributed by atoms with Crippen LogP contribution in [0.4, 0.5) is 0 Å². The lowest BCUT2D eigenvalue weighted by molar-refractivity contribution is -0.130. The van der Waals surface area contributed by atoms with Gasteiger partial charge in [-0.05, 0) is 12.3 Å². The Bertz CT molecular complexity index is 492. The number of rotatable bonds is 5. The van der Waals surface area contributed by atoms with Crippen LogP contribution in [0.1, 0.15) is 13.3 Å². The number of carbonyl (C=O) groups excluding carboxylic acids is 1. The van der Waals surface area contributed by atoms with E-state index < -0.39 is 0 Å². The molecule has 3 heterocycles. The maximum atomic E-state index is 11.4. The summed E-state index contributed by atoms with van der Waals surface area (Å²) in [5.74, 6) is 1.92. The van der Waals surface area contributed by atoms with Crippen LogP contribution in [-0.4, -0.2) is 124 Å². The molecule has 8 nitrogen and oxygen atoms in total. The van der Waals surface area contributed by atoms with Gasteiger partial charge in [-0.25, -0.2) is 0 Å². The molecular weight excluding hydrogens is 344 g/mol. The summed E-state index contributed by atoms with van der Waals surface area (Å²) in [6.07, 6.45) is 1.21. The standard InChI is InChI=1S/C19H36N6O2/c1-17(26)24-10-6-22(7-11-24)5-4-21-19(20-2)25-12-8-23(9-13-25)15-18-3-14-27-16-18/h18H,3-16H2,1-2H3,(H,20,21). The molecule has 3 fully saturated rings. The van der Waals surface area contributed by atoms with Gasteiger partial charge in [0.2, 0.25) is 5.91 Å². The summed E-state index contributed by atoms with van der Waals surface area (Å²) in [7, 11) is 1.87. The lowest BCUT2D eigenvalue weighted by Gasteiger charge is -2.38. The quantitative estimate of drug-likeness (QED) is 0.507. The summed E-state index contributed by atoms with van der Waals surface area (Å²) >= 11 is 0. The number of carbonyl (C=O) groups is 1. The van der Waals surface area contributed by atoms with Crippen molar-refractivity contribution in [2.24, 2.45) is 10.9 Å². The molecule has 8 heteroatoms. The minimum absolute atomic E-state index is 0.188. The van der Waals surface area contributed by atoms with Gasteiger partial charge in [-0.2, -0.15) is 0 Å². The van der Waals surface area contributed by atoms with Crippen molar-refractivity contribution >= 4 is 11.9 Å². The second-order valence-corrected chi connectivity index (χ2v) is 7.84. The lowest BCUT2D eigenvalue weighted by atomic mass is 10.1. The van der Waals surface area contributed by atoms with E-state index in [4.69, 9.17) is 4.74 Å². The molecule has 3 rings (SSSR count). The average Bonchev–Trinajstić information content (AvgIpc) is 3.19. The van der Waals surface area contributed by atoms with Crippen LogP contribution in [0.3, 0.4) is 0 Å². The summed E-state index contributed by atoms with van der Waals surface area (Å²) in [4.78, 5) is 25.2. The molecule has 0 saturated carbocycles. The molecule has 0 bridgehead atoms. The molecule has 0 radical (unpaired) electrons. The number of nitrogens with one attached hydrogen (secondary N) is 1. The van der Waals surface area contributed by atoms with Crippen molar-refractivity contribution in [3.8, 4) is 0 Å². The number of hydrogen-bond acceptors (Lipinski definition) is 5. The van der Waals surface area contributed by atoms with Crippen molar-refractivity contribution < 1.29 is 9.53 Å². The van der Waals surface area contributed by atoms with Crippen molar-refractivity contribution in [2.45, 2.75) is 13.3 Å². The number of guanidine groups is 1. The normalized spacial score (nSPS) is 25.9. The molecule has 0 aromatic rings. The van der Waals surface area contributed by atoms with Crippen molar-refractivity contribution in [1.82, 2.24) is 24.9 Å². The fraction of sp³-hybridized carbons (Fsp3) is 0.895. The first-order chi connectivity index (χ1) is 13.2. The highest BCUT2D eigenvalue weighted by Crippen LogP contribution is 2.15. The summed E-state index contributed by atoms with van der Waals surface area (Å²) < 4.78 is 5.50. The maximum absolute atomic E-state index is 11.4. The molecule has 1 amide bonds. The van der Waals surface area contributed by atoms with E-state index in [1.54, 1.807) is 6.92 Å². The Balaban J connectivity index is 1.32. The predicted molar refractivity (Wildman–Crippen MR) is 107 cm³/mol. The topological polar surface area (TPSA) is 63.7 Å². The SMILES string of the molecule is CN=C(NCCN1CCN(C(C)=O)CC1)N1CCN(CC2CCOC2)CC1. The summed E-state index contributed by atoms with van der Waals surface area (Å²) in [5, 5.41) is 3.52. The van der Waals surface area contributed by atoms with Gasteiger partial charge < -0.3 is 19.9 Å². The van der Waals surface area contributed by atoms with Gasteiger partial charge >= 0.3 is 0 Å². The summed E-state index contributed by atoms with van der Waals surface area (Å²) in [6.45, 7) is 14.5. The van der Waals surface area contributed by atoms with E-state index in [1.807, 2.05) is 11.9 Å². The van der Waals surface area contributed by atoms with Crippen LogP contribution in [0.2, 0.25) is 0 Å². The molecule has 154 valence electrons. The molecule has 1 unspecified atom stereocenters. The van der Waals surface area contributed by atoms with Crippen LogP contribution >= 0.6 is 0 Å². The van der Waals surface area contributed by atoms with Crippen molar-refractivity contribution in [3.63, 3.8) is 0 Å². The molecule has 3 saturated heterocycles. The molecule has 0 aromatic carbocycles. The third-order valence-electron chi connectivity index (χ3n) is 5.95. The van der Waals surface area contributed by atoms with Crippen LogP contribution < -0.4 is 5.32 Å². The molecule has 1 atom stereocenters. The predicted octanol–water partition coefficient (Wildman–Crippen LogP) is -0.620. The van der Waals surface area contributed by atoms with E-state index in [1.165, 1.54) is 13.0 Å². The zero-order valence-corrected chi connectivity index (χ0v) is 17.0. The van der Waals surface area contributed by atoms with Gasteiger partial charge in [0.25, 0.3) is 0 Å². The molecule has 0 aliphatic carbocycles. The number of hydrogen-bond donors (Lipinski definition) is 1. The maximum Gasteiger partial charge on any atom is 0.219 e. The number of nitrogens with zero attached hydrogens (tertiary/aromatic N) is 5. The van der Waals surface area contributed by atoms with Crippen molar-refractivity contribution in [3.05, 3.63) is 0 Å². The number of aliphatic imine (C=N–C) groups is 1. The minimum Gasteiger partial charge on any atom is -0.381 e. The zero-order valence-electron chi connectivity index (χ0n) is 17.0. The van der Waals surface area contributed by atoms with Gasteiger partial charge in [-0.1, -0.05) is 0 Å². The minimum atomic E-state index is 0.188. The van der Waals surface area contributed by atoms with E-state index in [9.17, 15) is 4.79 Å². The van der Waals surface area contributed by atoms with E-state index in [2.05, 4.69) is 25.0 Å². The van der Waals surface area contributed by atoms with E-state index >= 15 is 0 Å². The molecule has 3 aliphatic heterocycles. The van der Waals surface area contributed by atoms with E-state index in [0.29, 0.717) is 0 Å². The van der Waals surface area contributed by atoms with E-state index in [-0.39, 0.29) is 5.91 Å². The average molecular weight is 381 g/mol. The smallest absolute Gasteiger partial charge is 0.219 e. The second-order valence-electron chi connectivity index (χ2n) is 7.84. The second kappa shape index (κ2) is 10.2. The molecule has 27 heavy (non-hydrogen) atoms. The monoisotopic (exact) mass is 380 g/mol. The van der Waals surface area contributed by atoms with Crippen LogP contribution in [0, 0.1) is 5.92 Å². The Kier molecular flexibility index (Phi) is 7.72. The van der Waals surface area contributed by atoms with Gasteiger partial charge in [0.15, 0.2) is 5.96 Å². The van der Waals surface area contributed by atoms with Crippen LogP contribution in [-0.2, 0) is 9.53 Å². The lowest BCUT2D eigenvalue weighted by Crippen LogP contribution is -2.54. The Hall–Kier alpha value is -1.38. The molecule has 0 aromatic heterocycles. The Labute approximate surface area is 163 Å². The molecule has 3 aliphatic rings. The number of piperazine rings is 2. The third-order valence-corrected chi connectivity index (χ3v) is 5.95. The molecular formula is C19H36N6O2. The van der Waals surface area contributed by atoms with Crippen LogP contribution in [0.25, 0.3) is 0 Å². The summed E-state index contributed by atoms with van der Waals surface area (Å²) in [5.41, 5.74) is 0. The van der Waals surface area contributed by atoms with Crippen LogP contribution in [0.15, 0.2) is 4.99 Å². The first-order valence-corrected chi connectivity index (χ1v) is 10.4. The highest BCUT2D eigenvalue weighted by atomic mass is 16.5. The molecule has 0 spiro atoms. The van der Waals surface area contributed by atoms with Crippen molar-refractivity contribution in [2.75, 3.05) is 92.3 Å². The van der Waals surface area contributed by atoms with Gasteiger partial charge in [-0.15, -0.1) is 0 Å². The fourth-order valence-corrected chi connectivity index (χ4v) is 4.18. The van der Waals surface area contributed by atoms with Gasteiger partial charge in [0, 0.05) is 92.6 Å². The first-order valence-electron chi connectivity index (χ1n) is 10.4. The largest absolute Gasteiger partial charge is 0.381 e. The Morgan fingerprint density at radius 1 is 1.04 bits per heavy atom. The van der Waals surface area contributed by atoms with E-state index in [0.717, 1.165) is 90.5 Å². The van der Waals surface area contributed by atoms with Crippen LogP contribution in [0.5, 0.6) is 0 Å². The zero-order chi connectivity index (χ0) is 19.1.